The zero-order chi connectivity index (χ0) is 18.5. The van der Waals surface area contributed by atoms with E-state index < -0.39 is 0 Å². The van der Waals surface area contributed by atoms with Crippen molar-refractivity contribution in [3.05, 3.63) is 42.1 Å². The van der Waals surface area contributed by atoms with Gasteiger partial charge in [0.2, 0.25) is 5.91 Å². The molecular formula is C20H25N5O. The molecule has 2 aromatic heterocycles. The fourth-order valence-electron chi connectivity index (χ4n) is 3.16. The number of nitrogen functional groups attached to an aromatic ring is 1. The summed E-state index contributed by atoms with van der Waals surface area (Å²) in [6, 6.07) is 10.2. The van der Waals surface area contributed by atoms with Crippen LogP contribution in [0.2, 0.25) is 0 Å². The molecule has 0 bridgehead atoms. The first-order valence-electron chi connectivity index (χ1n) is 9.03. The van der Waals surface area contributed by atoms with Gasteiger partial charge in [-0.2, -0.15) is 5.10 Å². The number of aryl methyl sites for hydroxylation is 1. The number of nitrogens with one attached hydrogen (secondary N) is 1. The Morgan fingerprint density at radius 2 is 2.08 bits per heavy atom. The number of aromatic nitrogens is 3. The first-order chi connectivity index (χ1) is 12.6. The van der Waals surface area contributed by atoms with Gasteiger partial charge in [0.15, 0.2) is 0 Å². The minimum atomic E-state index is 0.132. The molecule has 0 spiro atoms. The highest BCUT2D eigenvalue weighted by Crippen LogP contribution is 2.25. The number of H-pyrrole nitrogens is 1. The van der Waals surface area contributed by atoms with Gasteiger partial charge in [-0.05, 0) is 49.9 Å². The van der Waals surface area contributed by atoms with Crippen LogP contribution in [0, 0.1) is 0 Å². The normalized spacial score (nSPS) is 11.0. The maximum atomic E-state index is 11.4. The summed E-state index contributed by atoms with van der Waals surface area (Å²) in [4.78, 5) is 17.9. The highest BCUT2D eigenvalue weighted by atomic mass is 16.2. The predicted molar refractivity (Wildman–Crippen MR) is 105 cm³/mol. The van der Waals surface area contributed by atoms with Crippen LogP contribution in [0.25, 0.3) is 22.2 Å². The summed E-state index contributed by atoms with van der Waals surface area (Å²) in [7, 11) is 0. The summed E-state index contributed by atoms with van der Waals surface area (Å²) in [5, 5.41) is 8.11. The Hall–Kier alpha value is -2.89. The van der Waals surface area contributed by atoms with Gasteiger partial charge in [0.05, 0.1) is 11.2 Å². The van der Waals surface area contributed by atoms with Crippen LogP contribution in [0.5, 0.6) is 0 Å². The second-order valence-corrected chi connectivity index (χ2v) is 6.46. The average Bonchev–Trinajstić information content (AvgIpc) is 3.16. The Morgan fingerprint density at radius 3 is 2.77 bits per heavy atom. The standard InChI is InChI=1S/C20H25N5O/c1-3-25(14(2)26)11-5-4-6-17-12-15-7-8-16(18-9-10-22-24-18)13-19(15)23-20(17)21/h7-10,12-13H,3-6,11H2,1-2H3,(H2,21,23)(H,22,24). The van der Waals surface area contributed by atoms with E-state index in [1.807, 2.05) is 30.0 Å². The predicted octanol–water partition coefficient (Wildman–Crippen LogP) is 3.40. The molecule has 0 aliphatic carbocycles. The molecule has 1 aromatic carbocycles. The lowest BCUT2D eigenvalue weighted by Crippen LogP contribution is -2.29. The van der Waals surface area contributed by atoms with Gasteiger partial charge in [-0.15, -0.1) is 0 Å². The molecule has 2 heterocycles. The number of amides is 1. The topological polar surface area (TPSA) is 87.9 Å². The molecule has 0 atom stereocenters. The number of pyridine rings is 1. The number of carbonyl (C=O) groups is 1. The molecule has 136 valence electrons. The van der Waals surface area contributed by atoms with E-state index in [4.69, 9.17) is 5.73 Å². The molecule has 26 heavy (non-hydrogen) atoms. The fourth-order valence-corrected chi connectivity index (χ4v) is 3.16. The summed E-state index contributed by atoms with van der Waals surface area (Å²) in [6.07, 6.45) is 4.61. The van der Waals surface area contributed by atoms with Gasteiger partial charge in [-0.25, -0.2) is 4.98 Å². The number of nitrogens with zero attached hydrogens (tertiary/aromatic N) is 3. The molecule has 0 saturated heterocycles. The van der Waals surface area contributed by atoms with Crippen LogP contribution in [0.1, 0.15) is 32.3 Å². The Morgan fingerprint density at radius 1 is 1.23 bits per heavy atom. The van der Waals surface area contributed by atoms with Crippen LogP contribution >= 0.6 is 0 Å². The molecule has 6 heteroatoms. The molecular weight excluding hydrogens is 326 g/mol. The second kappa shape index (κ2) is 7.99. The summed E-state index contributed by atoms with van der Waals surface area (Å²) >= 11 is 0. The summed E-state index contributed by atoms with van der Waals surface area (Å²) < 4.78 is 0. The highest BCUT2D eigenvalue weighted by Gasteiger charge is 2.08. The monoisotopic (exact) mass is 351 g/mol. The molecule has 0 fully saturated rings. The minimum absolute atomic E-state index is 0.132. The van der Waals surface area contributed by atoms with Crippen molar-refractivity contribution in [2.24, 2.45) is 0 Å². The third-order valence-electron chi connectivity index (χ3n) is 4.68. The van der Waals surface area contributed by atoms with Crippen molar-refractivity contribution in [2.45, 2.75) is 33.1 Å². The minimum Gasteiger partial charge on any atom is -0.383 e. The lowest BCUT2D eigenvalue weighted by atomic mass is 10.0. The van der Waals surface area contributed by atoms with Crippen molar-refractivity contribution in [1.82, 2.24) is 20.1 Å². The lowest BCUT2D eigenvalue weighted by molar-refractivity contribution is -0.128. The van der Waals surface area contributed by atoms with Crippen molar-refractivity contribution in [3.8, 4) is 11.3 Å². The van der Waals surface area contributed by atoms with E-state index >= 15 is 0 Å². The van der Waals surface area contributed by atoms with Crippen LogP contribution < -0.4 is 5.73 Å². The summed E-state index contributed by atoms with van der Waals surface area (Å²) in [5.41, 5.74) is 10.0. The number of unbranched alkanes of at least 4 members (excludes halogenated alkanes) is 1. The third kappa shape index (κ3) is 4.02. The number of rotatable bonds is 7. The first-order valence-corrected chi connectivity index (χ1v) is 9.03. The van der Waals surface area contributed by atoms with Crippen LogP contribution in [0.3, 0.4) is 0 Å². The van der Waals surface area contributed by atoms with Crippen LogP contribution in [0.15, 0.2) is 36.5 Å². The van der Waals surface area contributed by atoms with Gasteiger partial charge in [0.1, 0.15) is 5.82 Å². The molecule has 0 aliphatic heterocycles. The Kier molecular flexibility index (Phi) is 5.51. The van der Waals surface area contributed by atoms with Gasteiger partial charge in [0.25, 0.3) is 0 Å². The van der Waals surface area contributed by atoms with Gasteiger partial charge in [0, 0.05) is 37.2 Å². The number of fused-ring (bicyclic) bond motifs is 1. The Bertz CT molecular complexity index is 889. The van der Waals surface area contributed by atoms with E-state index in [0.717, 1.165) is 60.1 Å². The number of hydrogen-bond donors (Lipinski definition) is 2. The number of nitrogens with two attached hydrogens (primary N) is 1. The zero-order valence-corrected chi connectivity index (χ0v) is 15.3. The quantitative estimate of drug-likeness (QED) is 0.639. The second-order valence-electron chi connectivity index (χ2n) is 6.46. The van der Waals surface area contributed by atoms with Gasteiger partial charge in [-0.1, -0.05) is 12.1 Å². The lowest BCUT2D eigenvalue weighted by Gasteiger charge is -2.18. The van der Waals surface area contributed by atoms with Crippen molar-refractivity contribution in [2.75, 3.05) is 18.8 Å². The van der Waals surface area contributed by atoms with Crippen LogP contribution in [-0.4, -0.2) is 39.1 Å². The number of hydrogen-bond acceptors (Lipinski definition) is 4. The van der Waals surface area contributed by atoms with E-state index in [1.165, 1.54) is 0 Å². The molecule has 6 nitrogen and oxygen atoms in total. The number of aromatic amines is 1. The molecule has 0 radical (unpaired) electrons. The maximum Gasteiger partial charge on any atom is 0.219 e. The Labute approximate surface area is 153 Å². The summed E-state index contributed by atoms with van der Waals surface area (Å²) in [5.74, 6) is 0.711. The molecule has 3 aromatic rings. The van der Waals surface area contributed by atoms with Gasteiger partial charge in [-0.3, -0.25) is 9.89 Å². The van der Waals surface area contributed by atoms with Crippen LogP contribution in [-0.2, 0) is 11.2 Å². The van der Waals surface area contributed by atoms with E-state index in [1.54, 1.807) is 13.1 Å². The fraction of sp³-hybridized carbons (Fsp3) is 0.350. The zero-order valence-electron chi connectivity index (χ0n) is 15.3. The average molecular weight is 351 g/mol. The van der Waals surface area contributed by atoms with E-state index in [0.29, 0.717) is 5.82 Å². The van der Waals surface area contributed by atoms with Crippen LogP contribution in [0.4, 0.5) is 5.82 Å². The first kappa shape index (κ1) is 17.9. The molecule has 0 unspecified atom stereocenters. The summed E-state index contributed by atoms with van der Waals surface area (Å²) in [6.45, 7) is 5.17. The van der Waals surface area contributed by atoms with Gasteiger partial charge < -0.3 is 10.6 Å². The molecule has 0 saturated carbocycles. The molecule has 3 rings (SSSR count). The smallest absolute Gasteiger partial charge is 0.219 e. The third-order valence-corrected chi connectivity index (χ3v) is 4.68. The van der Waals surface area contributed by atoms with Crippen molar-refractivity contribution < 1.29 is 4.79 Å². The number of anilines is 1. The van der Waals surface area contributed by atoms with E-state index in [9.17, 15) is 4.79 Å². The SMILES string of the molecule is CCN(CCCCc1cc2ccc(-c3cc[nH]n3)cc2nc1N)C(C)=O. The number of benzene rings is 1. The maximum absolute atomic E-state index is 11.4. The molecule has 1 amide bonds. The largest absolute Gasteiger partial charge is 0.383 e. The van der Waals surface area contributed by atoms with E-state index in [-0.39, 0.29) is 5.91 Å². The van der Waals surface area contributed by atoms with E-state index in [2.05, 4.69) is 27.3 Å². The molecule has 3 N–H and O–H groups in total. The Balaban J connectivity index is 1.69. The van der Waals surface area contributed by atoms with Crippen molar-refractivity contribution in [1.29, 1.82) is 0 Å². The molecule has 0 aliphatic rings. The number of carbonyl (C=O) groups excluding carboxylic acids is 1. The highest BCUT2D eigenvalue weighted by molar-refractivity contribution is 5.85. The van der Waals surface area contributed by atoms with Crippen molar-refractivity contribution >= 4 is 22.6 Å². The van der Waals surface area contributed by atoms with Crippen molar-refractivity contribution in [3.63, 3.8) is 0 Å². The van der Waals surface area contributed by atoms with Gasteiger partial charge >= 0.3 is 0 Å².